The van der Waals surface area contributed by atoms with Crippen molar-refractivity contribution in [3.05, 3.63) is 82.8 Å². The van der Waals surface area contributed by atoms with E-state index in [0.29, 0.717) is 0 Å². The number of benzene rings is 3. The van der Waals surface area contributed by atoms with Crippen LogP contribution in [0.2, 0.25) is 0 Å². The summed E-state index contributed by atoms with van der Waals surface area (Å²) in [5.74, 6) is 1.01. The molecule has 1 atom stereocenters. The van der Waals surface area contributed by atoms with Crippen molar-refractivity contribution in [2.75, 3.05) is 5.32 Å². The number of imidazole rings is 1. The number of hydrogen-bond acceptors (Lipinski definition) is 2. The first-order chi connectivity index (χ1) is 11.8. The molecule has 1 aliphatic heterocycles. The van der Waals surface area contributed by atoms with Gasteiger partial charge in [-0.2, -0.15) is 0 Å². The van der Waals surface area contributed by atoms with Crippen molar-refractivity contribution < 1.29 is 0 Å². The summed E-state index contributed by atoms with van der Waals surface area (Å²) in [7, 11) is 0. The van der Waals surface area contributed by atoms with E-state index < -0.39 is 0 Å². The summed E-state index contributed by atoms with van der Waals surface area (Å²) in [6, 6.07) is 25.1. The first kappa shape index (κ1) is 13.8. The van der Waals surface area contributed by atoms with Crippen LogP contribution in [0.5, 0.6) is 0 Å². The third kappa shape index (κ3) is 2.00. The Bertz CT molecular complexity index is 1070. The van der Waals surface area contributed by atoms with Crippen LogP contribution in [-0.2, 0) is 0 Å². The standard InChI is InChI=1S/C20H14BrN3/c21-14-7-5-6-13(12-14)19-22-16-9-2-1-8-15(16)20-23-17-10-3-4-11-18(17)24(19)20/h1-12,19,22H. The summed E-state index contributed by atoms with van der Waals surface area (Å²) >= 11 is 3.59. The molecule has 4 heteroatoms. The Labute approximate surface area is 148 Å². The Kier molecular flexibility index (Phi) is 3.00. The lowest BCUT2D eigenvalue weighted by Crippen LogP contribution is -2.24. The maximum Gasteiger partial charge on any atom is 0.145 e. The maximum absolute atomic E-state index is 4.90. The Morgan fingerprint density at radius 1 is 0.917 bits per heavy atom. The monoisotopic (exact) mass is 375 g/mol. The van der Waals surface area contributed by atoms with Gasteiger partial charge in [-0.05, 0) is 42.0 Å². The second kappa shape index (κ2) is 5.21. The van der Waals surface area contributed by atoms with Crippen LogP contribution in [0.4, 0.5) is 5.69 Å². The van der Waals surface area contributed by atoms with E-state index in [0.717, 1.165) is 32.6 Å². The minimum atomic E-state index is 0.0137. The van der Waals surface area contributed by atoms with E-state index in [1.165, 1.54) is 5.56 Å². The molecule has 0 saturated heterocycles. The number of hydrogen-bond donors (Lipinski definition) is 1. The first-order valence-electron chi connectivity index (χ1n) is 7.90. The molecule has 0 radical (unpaired) electrons. The quantitative estimate of drug-likeness (QED) is 0.480. The molecular formula is C20H14BrN3. The van der Waals surface area contributed by atoms with E-state index in [4.69, 9.17) is 4.98 Å². The molecule has 3 aromatic carbocycles. The molecule has 2 heterocycles. The minimum Gasteiger partial charge on any atom is -0.361 e. The van der Waals surface area contributed by atoms with E-state index in [2.05, 4.69) is 86.5 Å². The summed E-state index contributed by atoms with van der Waals surface area (Å²) in [6.45, 7) is 0. The Morgan fingerprint density at radius 2 is 1.75 bits per heavy atom. The van der Waals surface area contributed by atoms with Gasteiger partial charge in [0.05, 0.1) is 11.0 Å². The SMILES string of the molecule is Brc1cccc(C2Nc3ccccc3-c3nc4ccccc4n32)c1. The fourth-order valence-electron chi connectivity index (χ4n) is 3.42. The fourth-order valence-corrected chi connectivity index (χ4v) is 3.84. The van der Waals surface area contributed by atoms with Crippen molar-refractivity contribution in [3.8, 4) is 11.4 Å². The van der Waals surface area contributed by atoms with Crippen molar-refractivity contribution in [3.63, 3.8) is 0 Å². The first-order valence-corrected chi connectivity index (χ1v) is 8.69. The lowest BCUT2D eigenvalue weighted by atomic mass is 10.1. The van der Waals surface area contributed by atoms with Crippen molar-refractivity contribution in [2.45, 2.75) is 6.17 Å². The molecule has 3 nitrogen and oxygen atoms in total. The van der Waals surface area contributed by atoms with Gasteiger partial charge in [-0.25, -0.2) is 4.98 Å². The number of nitrogens with zero attached hydrogens (tertiary/aromatic N) is 2. The van der Waals surface area contributed by atoms with Gasteiger partial charge in [0.1, 0.15) is 12.0 Å². The highest BCUT2D eigenvalue weighted by molar-refractivity contribution is 9.10. The number of halogens is 1. The number of rotatable bonds is 1. The molecule has 5 rings (SSSR count). The van der Waals surface area contributed by atoms with Crippen LogP contribution >= 0.6 is 15.9 Å². The van der Waals surface area contributed by atoms with Crippen molar-refractivity contribution in [1.29, 1.82) is 0 Å². The van der Waals surface area contributed by atoms with Gasteiger partial charge >= 0.3 is 0 Å². The summed E-state index contributed by atoms with van der Waals surface area (Å²) in [5.41, 5.74) is 5.61. The lowest BCUT2D eigenvalue weighted by molar-refractivity contribution is 0.669. The number of aromatic nitrogens is 2. The van der Waals surface area contributed by atoms with Crippen LogP contribution in [0.3, 0.4) is 0 Å². The highest BCUT2D eigenvalue weighted by Gasteiger charge is 2.27. The normalized spacial score (nSPS) is 15.6. The third-order valence-electron chi connectivity index (χ3n) is 4.48. The van der Waals surface area contributed by atoms with Gasteiger partial charge in [-0.3, -0.25) is 4.57 Å². The van der Waals surface area contributed by atoms with Crippen molar-refractivity contribution in [2.24, 2.45) is 0 Å². The summed E-state index contributed by atoms with van der Waals surface area (Å²) < 4.78 is 3.37. The van der Waals surface area contributed by atoms with Crippen molar-refractivity contribution >= 4 is 32.7 Å². The smallest absolute Gasteiger partial charge is 0.145 e. The number of anilines is 1. The van der Waals surface area contributed by atoms with Gasteiger partial charge in [0, 0.05) is 15.7 Å². The highest BCUT2D eigenvalue weighted by Crippen LogP contribution is 2.40. The molecular weight excluding hydrogens is 362 g/mol. The molecule has 116 valence electrons. The molecule has 0 bridgehead atoms. The molecule has 0 saturated carbocycles. The molecule has 24 heavy (non-hydrogen) atoms. The molecule has 1 aliphatic rings. The summed E-state index contributed by atoms with van der Waals surface area (Å²) in [4.78, 5) is 4.90. The molecule has 1 aromatic heterocycles. The Balaban J connectivity index is 1.83. The van der Waals surface area contributed by atoms with E-state index in [9.17, 15) is 0 Å². The molecule has 0 aliphatic carbocycles. The van der Waals surface area contributed by atoms with Crippen molar-refractivity contribution in [1.82, 2.24) is 9.55 Å². The molecule has 1 unspecified atom stereocenters. The lowest BCUT2D eigenvalue weighted by Gasteiger charge is -2.30. The fraction of sp³-hybridized carbons (Fsp3) is 0.0500. The topological polar surface area (TPSA) is 29.9 Å². The van der Waals surface area contributed by atoms with Crippen LogP contribution in [0.15, 0.2) is 77.3 Å². The predicted octanol–water partition coefficient (Wildman–Crippen LogP) is 5.44. The zero-order valence-electron chi connectivity index (χ0n) is 12.8. The zero-order valence-corrected chi connectivity index (χ0v) is 14.4. The second-order valence-corrected chi connectivity index (χ2v) is 6.86. The van der Waals surface area contributed by atoms with E-state index in [-0.39, 0.29) is 6.17 Å². The van der Waals surface area contributed by atoms with E-state index >= 15 is 0 Å². The van der Waals surface area contributed by atoms with Gasteiger partial charge in [0.25, 0.3) is 0 Å². The Hall–Kier alpha value is -2.59. The molecule has 0 spiro atoms. The highest BCUT2D eigenvalue weighted by atomic mass is 79.9. The van der Waals surface area contributed by atoms with E-state index in [1.54, 1.807) is 0 Å². The van der Waals surface area contributed by atoms with Crippen LogP contribution in [0.25, 0.3) is 22.4 Å². The molecule has 0 fully saturated rings. The van der Waals surface area contributed by atoms with Gasteiger partial charge in [0.2, 0.25) is 0 Å². The third-order valence-corrected chi connectivity index (χ3v) is 4.97. The van der Waals surface area contributed by atoms with E-state index in [1.807, 2.05) is 12.1 Å². The minimum absolute atomic E-state index is 0.0137. The van der Waals surface area contributed by atoms with Gasteiger partial charge in [-0.15, -0.1) is 0 Å². The van der Waals surface area contributed by atoms with Crippen LogP contribution in [0, 0.1) is 0 Å². The summed E-state index contributed by atoms with van der Waals surface area (Å²) in [6.07, 6.45) is 0.0137. The van der Waals surface area contributed by atoms with Gasteiger partial charge in [0.15, 0.2) is 0 Å². The second-order valence-electron chi connectivity index (χ2n) is 5.94. The molecule has 0 amide bonds. The number of para-hydroxylation sites is 3. The van der Waals surface area contributed by atoms with Gasteiger partial charge < -0.3 is 5.32 Å². The van der Waals surface area contributed by atoms with Gasteiger partial charge in [-0.1, -0.05) is 52.3 Å². The van der Waals surface area contributed by atoms with Crippen LogP contribution in [-0.4, -0.2) is 9.55 Å². The maximum atomic E-state index is 4.90. The number of nitrogens with one attached hydrogen (secondary N) is 1. The predicted molar refractivity (Wildman–Crippen MR) is 101 cm³/mol. The Morgan fingerprint density at radius 3 is 2.67 bits per heavy atom. The summed E-state index contributed by atoms with van der Waals surface area (Å²) in [5, 5.41) is 3.68. The molecule has 4 aromatic rings. The van der Waals surface area contributed by atoms with Crippen LogP contribution < -0.4 is 5.32 Å². The average molecular weight is 376 g/mol. The molecule has 1 N–H and O–H groups in total. The average Bonchev–Trinajstić information content (AvgIpc) is 3.01. The number of fused-ring (bicyclic) bond motifs is 5. The van der Waals surface area contributed by atoms with Crippen LogP contribution in [0.1, 0.15) is 11.7 Å². The largest absolute Gasteiger partial charge is 0.361 e. The zero-order chi connectivity index (χ0) is 16.1.